The summed E-state index contributed by atoms with van der Waals surface area (Å²) in [6.45, 7) is 5.68. The average Bonchev–Trinajstić information content (AvgIpc) is 2.46. The first kappa shape index (κ1) is 14.8. The van der Waals surface area contributed by atoms with Crippen LogP contribution in [0.5, 0.6) is 0 Å². The average molecular weight is 294 g/mol. The molecule has 0 saturated carbocycles. The van der Waals surface area contributed by atoms with Crippen LogP contribution in [0.2, 0.25) is 0 Å². The standard InChI is InChI=1S/C14H18N2O3S/c1-9(2)12-8-16(6-7-20-12)13(17)10-4-3-5-11(15-10)14(18)19/h3-5,9,12H,6-8H2,1-2H3,(H,18,19). The maximum atomic E-state index is 12.4. The van der Waals surface area contributed by atoms with E-state index in [1.54, 1.807) is 17.0 Å². The predicted molar refractivity (Wildman–Crippen MR) is 78.2 cm³/mol. The minimum atomic E-state index is -1.12. The molecule has 0 bridgehead atoms. The highest BCUT2D eigenvalue weighted by Crippen LogP contribution is 2.25. The van der Waals surface area contributed by atoms with Gasteiger partial charge in [-0.25, -0.2) is 9.78 Å². The van der Waals surface area contributed by atoms with Gasteiger partial charge in [-0.1, -0.05) is 19.9 Å². The second kappa shape index (κ2) is 6.26. The van der Waals surface area contributed by atoms with Crippen molar-refractivity contribution in [2.24, 2.45) is 5.92 Å². The monoisotopic (exact) mass is 294 g/mol. The number of amides is 1. The molecule has 0 aliphatic carbocycles. The van der Waals surface area contributed by atoms with Gasteiger partial charge in [0.25, 0.3) is 5.91 Å². The maximum Gasteiger partial charge on any atom is 0.354 e. The number of aromatic nitrogens is 1. The molecule has 0 aromatic carbocycles. The van der Waals surface area contributed by atoms with Gasteiger partial charge >= 0.3 is 5.97 Å². The largest absolute Gasteiger partial charge is 0.477 e. The van der Waals surface area contributed by atoms with E-state index < -0.39 is 5.97 Å². The molecule has 1 N–H and O–H groups in total. The van der Waals surface area contributed by atoms with E-state index in [4.69, 9.17) is 5.11 Å². The fourth-order valence-corrected chi connectivity index (χ4v) is 3.40. The van der Waals surface area contributed by atoms with E-state index >= 15 is 0 Å². The number of carboxylic acid groups (broad SMARTS) is 1. The molecule has 1 saturated heterocycles. The third-order valence-corrected chi connectivity index (χ3v) is 4.85. The number of aromatic carboxylic acids is 1. The van der Waals surface area contributed by atoms with Crippen LogP contribution in [0.1, 0.15) is 34.8 Å². The van der Waals surface area contributed by atoms with Gasteiger partial charge in [0, 0.05) is 24.1 Å². The number of pyridine rings is 1. The summed E-state index contributed by atoms with van der Waals surface area (Å²) >= 11 is 1.89. The van der Waals surface area contributed by atoms with Crippen molar-refractivity contribution in [1.82, 2.24) is 9.88 Å². The number of nitrogens with zero attached hydrogens (tertiary/aromatic N) is 2. The molecule has 1 aliphatic rings. The van der Waals surface area contributed by atoms with Crippen LogP contribution in [-0.4, -0.2) is 51.0 Å². The Morgan fingerprint density at radius 2 is 2.10 bits per heavy atom. The Bertz CT molecular complexity index is 519. The fraction of sp³-hybridized carbons (Fsp3) is 0.500. The molecule has 1 atom stereocenters. The SMILES string of the molecule is CC(C)C1CN(C(=O)c2cccc(C(=O)O)n2)CCS1. The van der Waals surface area contributed by atoms with Gasteiger partial charge in [-0.2, -0.15) is 11.8 Å². The Morgan fingerprint density at radius 1 is 1.40 bits per heavy atom. The molecule has 2 heterocycles. The third kappa shape index (κ3) is 3.30. The molecule has 5 nitrogen and oxygen atoms in total. The molecule has 2 rings (SSSR count). The van der Waals surface area contributed by atoms with Crippen LogP contribution >= 0.6 is 11.8 Å². The van der Waals surface area contributed by atoms with Gasteiger partial charge in [0.1, 0.15) is 11.4 Å². The zero-order chi connectivity index (χ0) is 14.7. The predicted octanol–water partition coefficient (Wildman–Crippen LogP) is 1.99. The molecule has 1 unspecified atom stereocenters. The van der Waals surface area contributed by atoms with Gasteiger partial charge in [0.05, 0.1) is 0 Å². The molecule has 20 heavy (non-hydrogen) atoms. The van der Waals surface area contributed by atoms with Crippen molar-refractivity contribution in [2.75, 3.05) is 18.8 Å². The number of hydrogen-bond acceptors (Lipinski definition) is 4. The Balaban J connectivity index is 2.14. The molecule has 1 amide bonds. The lowest BCUT2D eigenvalue weighted by atomic mass is 10.1. The molecule has 6 heteroatoms. The Labute approximate surface area is 122 Å². The number of rotatable bonds is 3. The summed E-state index contributed by atoms with van der Waals surface area (Å²) in [6.07, 6.45) is 0. The quantitative estimate of drug-likeness (QED) is 0.923. The first-order valence-electron chi connectivity index (χ1n) is 6.60. The number of carbonyl (C=O) groups excluding carboxylic acids is 1. The lowest BCUT2D eigenvalue weighted by molar-refractivity contribution is 0.0690. The maximum absolute atomic E-state index is 12.4. The van der Waals surface area contributed by atoms with Gasteiger partial charge < -0.3 is 10.0 Å². The van der Waals surface area contributed by atoms with Crippen LogP contribution in [0, 0.1) is 5.92 Å². The first-order valence-corrected chi connectivity index (χ1v) is 7.65. The van der Waals surface area contributed by atoms with E-state index in [1.807, 2.05) is 11.8 Å². The molecular weight excluding hydrogens is 276 g/mol. The molecule has 108 valence electrons. The first-order chi connectivity index (χ1) is 9.49. The van der Waals surface area contributed by atoms with Crippen LogP contribution in [0.3, 0.4) is 0 Å². The topological polar surface area (TPSA) is 70.5 Å². The van der Waals surface area contributed by atoms with Crippen LogP contribution in [0.15, 0.2) is 18.2 Å². The smallest absolute Gasteiger partial charge is 0.354 e. The Kier molecular flexibility index (Phi) is 4.65. The molecule has 1 aliphatic heterocycles. The van der Waals surface area contributed by atoms with Crippen LogP contribution < -0.4 is 0 Å². The second-order valence-corrected chi connectivity index (χ2v) is 6.46. The summed E-state index contributed by atoms with van der Waals surface area (Å²) in [6, 6.07) is 4.52. The van der Waals surface area contributed by atoms with Gasteiger partial charge in [0.15, 0.2) is 0 Å². The van der Waals surface area contributed by atoms with Crippen molar-refractivity contribution < 1.29 is 14.7 Å². The van der Waals surface area contributed by atoms with E-state index in [-0.39, 0.29) is 17.3 Å². The number of carbonyl (C=O) groups is 2. The van der Waals surface area contributed by atoms with E-state index in [1.165, 1.54) is 6.07 Å². The van der Waals surface area contributed by atoms with Crippen molar-refractivity contribution in [2.45, 2.75) is 19.1 Å². The Hall–Kier alpha value is -1.56. The lowest BCUT2D eigenvalue weighted by Crippen LogP contribution is -2.43. The molecular formula is C14H18N2O3S. The van der Waals surface area contributed by atoms with Crippen molar-refractivity contribution in [3.8, 4) is 0 Å². The van der Waals surface area contributed by atoms with E-state index in [2.05, 4.69) is 18.8 Å². The Morgan fingerprint density at radius 3 is 2.75 bits per heavy atom. The van der Waals surface area contributed by atoms with Crippen molar-refractivity contribution in [3.63, 3.8) is 0 Å². The van der Waals surface area contributed by atoms with E-state index in [9.17, 15) is 9.59 Å². The van der Waals surface area contributed by atoms with Crippen molar-refractivity contribution >= 4 is 23.6 Å². The zero-order valence-corrected chi connectivity index (χ0v) is 12.4. The minimum Gasteiger partial charge on any atom is -0.477 e. The molecule has 0 radical (unpaired) electrons. The molecule has 1 aromatic heterocycles. The number of carboxylic acids is 1. The number of hydrogen-bond donors (Lipinski definition) is 1. The third-order valence-electron chi connectivity index (χ3n) is 3.31. The summed E-state index contributed by atoms with van der Waals surface area (Å²) in [5.41, 5.74) is 0.113. The van der Waals surface area contributed by atoms with Crippen LogP contribution in [0.4, 0.5) is 0 Å². The van der Waals surface area contributed by atoms with E-state index in [0.717, 1.165) is 5.75 Å². The second-order valence-electron chi connectivity index (χ2n) is 5.12. The summed E-state index contributed by atoms with van der Waals surface area (Å²) in [5.74, 6) is 0.120. The van der Waals surface area contributed by atoms with Gasteiger partial charge in [-0.3, -0.25) is 4.79 Å². The summed E-state index contributed by atoms with van der Waals surface area (Å²) in [4.78, 5) is 29.0. The number of thioether (sulfide) groups is 1. The highest BCUT2D eigenvalue weighted by atomic mass is 32.2. The van der Waals surface area contributed by atoms with Gasteiger partial charge in [-0.05, 0) is 18.1 Å². The lowest BCUT2D eigenvalue weighted by Gasteiger charge is -2.34. The molecule has 0 spiro atoms. The fourth-order valence-electron chi connectivity index (χ4n) is 2.10. The summed E-state index contributed by atoms with van der Waals surface area (Å²) in [7, 11) is 0. The highest BCUT2D eigenvalue weighted by molar-refractivity contribution is 8.00. The van der Waals surface area contributed by atoms with E-state index in [0.29, 0.717) is 24.3 Å². The van der Waals surface area contributed by atoms with Gasteiger partial charge in [-0.15, -0.1) is 0 Å². The molecule has 1 aromatic rings. The highest BCUT2D eigenvalue weighted by Gasteiger charge is 2.27. The van der Waals surface area contributed by atoms with Gasteiger partial charge in [0.2, 0.25) is 0 Å². The zero-order valence-electron chi connectivity index (χ0n) is 11.6. The normalized spacial score (nSPS) is 19.1. The molecule has 1 fully saturated rings. The van der Waals surface area contributed by atoms with Crippen LogP contribution in [-0.2, 0) is 0 Å². The van der Waals surface area contributed by atoms with Crippen molar-refractivity contribution in [3.05, 3.63) is 29.6 Å². The summed E-state index contributed by atoms with van der Waals surface area (Å²) < 4.78 is 0. The minimum absolute atomic E-state index is 0.0948. The van der Waals surface area contributed by atoms with Crippen molar-refractivity contribution in [1.29, 1.82) is 0 Å². The summed E-state index contributed by atoms with van der Waals surface area (Å²) in [5, 5.41) is 9.35. The van der Waals surface area contributed by atoms with Crippen LogP contribution in [0.25, 0.3) is 0 Å².